The van der Waals surface area contributed by atoms with Gasteiger partial charge in [0.05, 0.1) is 35.2 Å². The van der Waals surface area contributed by atoms with E-state index in [0.717, 1.165) is 23.9 Å². The van der Waals surface area contributed by atoms with Gasteiger partial charge in [-0.15, -0.1) is 13.2 Å². The molecule has 3 aliphatic carbocycles. The van der Waals surface area contributed by atoms with Gasteiger partial charge in [0.25, 0.3) is 5.91 Å². The lowest BCUT2D eigenvalue weighted by Crippen LogP contribution is -2.57. The Balaban J connectivity index is 1.45. The summed E-state index contributed by atoms with van der Waals surface area (Å²) in [4.78, 5) is 35.3. The number of carbonyl (C=O) groups is 2. The third-order valence-electron chi connectivity index (χ3n) is 9.74. The minimum atomic E-state index is -4.94. The number of esters is 1. The van der Waals surface area contributed by atoms with Crippen LogP contribution in [0.5, 0.6) is 5.75 Å². The number of anilines is 1. The maximum atomic E-state index is 14.7. The molecule has 0 unspecified atom stereocenters. The normalized spacial score (nSPS) is 22.6. The SMILES string of the molecule is CCCCOC(=O)C12C=C(c3ccccc3OC(F)(F)F)C(NC(=O)c3c(C)c(N4CCCOCC4)nc4ccc(Br)cc34)(CC1)CC2. The second-order valence-electron chi connectivity index (χ2n) is 12.8. The number of ether oxygens (including phenoxy) is 3. The maximum Gasteiger partial charge on any atom is 0.573 e. The van der Waals surface area contributed by atoms with E-state index < -0.39 is 29.0 Å². The Morgan fingerprint density at radius 2 is 1.85 bits per heavy atom. The van der Waals surface area contributed by atoms with Crippen LogP contribution in [-0.4, -0.2) is 61.7 Å². The summed E-state index contributed by atoms with van der Waals surface area (Å²) in [7, 11) is 0. The van der Waals surface area contributed by atoms with E-state index in [-0.39, 0.29) is 18.1 Å². The molecule has 4 aliphatic rings. The van der Waals surface area contributed by atoms with Crippen LogP contribution in [0.15, 0.2) is 53.0 Å². The van der Waals surface area contributed by atoms with Crippen molar-refractivity contribution >= 4 is 50.1 Å². The molecule has 3 aromatic rings. The van der Waals surface area contributed by atoms with Crippen LogP contribution in [-0.2, 0) is 14.3 Å². The molecule has 2 heterocycles. The predicted octanol–water partition coefficient (Wildman–Crippen LogP) is 7.90. The summed E-state index contributed by atoms with van der Waals surface area (Å²) in [6.45, 7) is 6.68. The Morgan fingerprint density at radius 3 is 2.60 bits per heavy atom. The number of aromatic nitrogens is 1. The van der Waals surface area contributed by atoms with Crippen LogP contribution in [0.25, 0.3) is 16.5 Å². The molecule has 256 valence electrons. The molecule has 7 rings (SSSR count). The summed E-state index contributed by atoms with van der Waals surface area (Å²) in [6, 6.07) is 11.5. The minimum absolute atomic E-state index is 0.171. The molecule has 1 N–H and O–H groups in total. The smallest absolute Gasteiger partial charge is 0.465 e. The highest BCUT2D eigenvalue weighted by Gasteiger charge is 2.55. The summed E-state index contributed by atoms with van der Waals surface area (Å²) in [5, 5.41) is 3.95. The van der Waals surface area contributed by atoms with Crippen molar-refractivity contribution in [2.24, 2.45) is 5.41 Å². The lowest BCUT2D eigenvalue weighted by atomic mass is 9.57. The number of carbonyl (C=O) groups excluding carboxylic acids is 2. The number of unbranched alkanes of at least 4 members (excludes halogenated alkanes) is 1. The highest BCUT2D eigenvalue weighted by molar-refractivity contribution is 9.10. The first-order chi connectivity index (χ1) is 23.0. The van der Waals surface area contributed by atoms with E-state index in [4.69, 9.17) is 14.5 Å². The second kappa shape index (κ2) is 13.7. The predicted molar refractivity (Wildman–Crippen MR) is 180 cm³/mol. The summed E-state index contributed by atoms with van der Waals surface area (Å²) in [5.74, 6) is -0.467. The molecule has 1 saturated heterocycles. The van der Waals surface area contributed by atoms with Gasteiger partial charge < -0.3 is 24.4 Å². The molecule has 12 heteroatoms. The van der Waals surface area contributed by atoms with E-state index in [2.05, 4.69) is 30.9 Å². The van der Waals surface area contributed by atoms with Crippen molar-refractivity contribution in [2.75, 3.05) is 37.8 Å². The number of pyridine rings is 1. The van der Waals surface area contributed by atoms with Crippen molar-refractivity contribution in [1.82, 2.24) is 10.3 Å². The Labute approximate surface area is 286 Å². The number of fused-ring (bicyclic) bond motifs is 3. The first-order valence-electron chi connectivity index (χ1n) is 16.5. The van der Waals surface area contributed by atoms with Crippen LogP contribution >= 0.6 is 15.9 Å². The molecule has 0 spiro atoms. The van der Waals surface area contributed by atoms with E-state index >= 15 is 0 Å². The molecule has 1 aromatic heterocycles. The van der Waals surface area contributed by atoms with Crippen LogP contribution in [0.4, 0.5) is 19.0 Å². The fourth-order valence-electron chi connectivity index (χ4n) is 7.25. The van der Waals surface area contributed by atoms with E-state index in [1.807, 2.05) is 32.0 Å². The average molecular weight is 731 g/mol. The molecule has 8 nitrogen and oxygen atoms in total. The number of hydrogen-bond donors (Lipinski definition) is 1. The van der Waals surface area contributed by atoms with Crippen LogP contribution in [0.3, 0.4) is 0 Å². The number of rotatable bonds is 9. The molecular weight excluding hydrogens is 691 g/mol. The fourth-order valence-corrected chi connectivity index (χ4v) is 7.61. The number of amides is 1. The third kappa shape index (κ3) is 6.78. The van der Waals surface area contributed by atoms with Crippen LogP contribution < -0.4 is 15.0 Å². The molecule has 2 bridgehead atoms. The van der Waals surface area contributed by atoms with E-state index in [1.54, 1.807) is 18.2 Å². The first-order valence-corrected chi connectivity index (χ1v) is 17.3. The zero-order valence-corrected chi connectivity index (χ0v) is 28.6. The summed E-state index contributed by atoms with van der Waals surface area (Å²) >= 11 is 3.54. The van der Waals surface area contributed by atoms with E-state index in [1.165, 1.54) is 12.1 Å². The van der Waals surface area contributed by atoms with Gasteiger partial charge in [0.15, 0.2) is 0 Å². The number of para-hydroxylation sites is 1. The lowest BCUT2D eigenvalue weighted by molar-refractivity contribution is -0.274. The molecule has 0 radical (unpaired) electrons. The number of halogens is 4. The molecule has 1 aliphatic heterocycles. The maximum absolute atomic E-state index is 14.7. The Hall–Kier alpha value is -3.64. The van der Waals surface area contributed by atoms with Crippen LogP contribution in [0, 0.1) is 12.3 Å². The number of hydrogen-bond acceptors (Lipinski definition) is 7. The van der Waals surface area contributed by atoms with Crippen molar-refractivity contribution in [2.45, 2.75) is 70.7 Å². The van der Waals surface area contributed by atoms with E-state index in [0.29, 0.717) is 85.3 Å². The van der Waals surface area contributed by atoms with Gasteiger partial charge in [-0.25, -0.2) is 4.98 Å². The molecule has 2 aromatic carbocycles. The van der Waals surface area contributed by atoms with Crippen LogP contribution in [0.2, 0.25) is 0 Å². The standard InChI is InChI=1S/C36H39BrF3N3O5/c1-3-4-19-47-33(45)34-12-14-35(15-13-34,27(22-34)25-8-5-6-9-29(25)48-36(38,39)40)42-32(44)30-23(2)31(43-16-7-18-46-20-17-43)41-28-11-10-24(37)21-26(28)30/h5-6,8-11,21-22H,3-4,7,12-20H2,1-2H3,(H,42,44). The highest BCUT2D eigenvalue weighted by atomic mass is 79.9. The van der Waals surface area contributed by atoms with Gasteiger partial charge in [-0.2, -0.15) is 0 Å². The van der Waals surface area contributed by atoms with Gasteiger partial charge in [0.2, 0.25) is 0 Å². The summed E-state index contributed by atoms with van der Waals surface area (Å²) in [6.07, 6.45) is 0.589. The van der Waals surface area contributed by atoms with Gasteiger partial charge in [-0.3, -0.25) is 9.59 Å². The largest absolute Gasteiger partial charge is 0.573 e. The number of benzene rings is 2. The number of nitrogens with zero attached hydrogens (tertiary/aromatic N) is 2. The second-order valence-corrected chi connectivity index (χ2v) is 13.7. The number of nitrogens with one attached hydrogen (secondary N) is 1. The monoisotopic (exact) mass is 729 g/mol. The lowest BCUT2D eigenvalue weighted by Gasteiger charge is -2.51. The van der Waals surface area contributed by atoms with Gasteiger partial charge in [-0.05, 0) is 75.3 Å². The first kappa shape index (κ1) is 34.2. The molecule has 0 atom stereocenters. The molecule has 1 amide bonds. The molecule has 2 fully saturated rings. The van der Waals surface area contributed by atoms with Gasteiger partial charge >= 0.3 is 12.3 Å². The minimum Gasteiger partial charge on any atom is -0.465 e. The van der Waals surface area contributed by atoms with Crippen molar-refractivity contribution in [1.29, 1.82) is 0 Å². The van der Waals surface area contributed by atoms with Crippen molar-refractivity contribution < 1.29 is 37.0 Å². The van der Waals surface area contributed by atoms with Crippen LogP contribution in [0.1, 0.15) is 73.4 Å². The van der Waals surface area contributed by atoms with Crippen molar-refractivity contribution in [3.63, 3.8) is 0 Å². The van der Waals surface area contributed by atoms with Gasteiger partial charge in [0.1, 0.15) is 11.6 Å². The molecule has 48 heavy (non-hydrogen) atoms. The number of alkyl halides is 3. The Morgan fingerprint density at radius 1 is 1.08 bits per heavy atom. The average Bonchev–Trinajstić information content (AvgIpc) is 3.34. The zero-order valence-electron chi connectivity index (χ0n) is 27.1. The molecular formula is C36H39BrF3N3O5. The highest BCUT2D eigenvalue weighted by Crippen LogP contribution is 2.56. The van der Waals surface area contributed by atoms with Crippen molar-refractivity contribution in [3.8, 4) is 5.75 Å². The third-order valence-corrected chi connectivity index (χ3v) is 10.2. The quantitative estimate of drug-likeness (QED) is 0.177. The Kier molecular flexibility index (Phi) is 9.77. The Bertz CT molecular complexity index is 1730. The molecule has 1 saturated carbocycles. The summed E-state index contributed by atoms with van der Waals surface area (Å²) in [5.41, 5.74) is 0.282. The van der Waals surface area contributed by atoms with Gasteiger partial charge in [-0.1, -0.05) is 53.5 Å². The fraction of sp³-hybridized carbons (Fsp3) is 0.472. The van der Waals surface area contributed by atoms with E-state index in [9.17, 15) is 22.8 Å². The van der Waals surface area contributed by atoms with Crippen molar-refractivity contribution in [3.05, 3.63) is 69.7 Å². The topological polar surface area (TPSA) is 90.0 Å². The zero-order chi connectivity index (χ0) is 34.1. The summed E-state index contributed by atoms with van der Waals surface area (Å²) < 4.78 is 57.4. The van der Waals surface area contributed by atoms with Gasteiger partial charge in [0, 0.05) is 40.7 Å².